The summed E-state index contributed by atoms with van der Waals surface area (Å²) in [4.78, 5) is 16.6. The molecule has 2 aromatic carbocycles. The van der Waals surface area contributed by atoms with Crippen LogP contribution in [0, 0.1) is 6.92 Å². The van der Waals surface area contributed by atoms with Crippen molar-refractivity contribution in [2.24, 2.45) is 0 Å². The Morgan fingerprint density at radius 2 is 1.91 bits per heavy atom. The number of ether oxygens (including phenoxy) is 1. The topological polar surface area (TPSA) is 79.5 Å². The number of aromatic nitrogens is 1. The zero-order valence-electron chi connectivity index (χ0n) is 17.5. The number of aromatic amines is 1. The van der Waals surface area contributed by atoms with Crippen molar-refractivity contribution in [1.29, 1.82) is 0 Å². The van der Waals surface area contributed by atoms with E-state index >= 15 is 0 Å². The Morgan fingerprint density at radius 3 is 2.59 bits per heavy atom. The first-order valence-electron chi connectivity index (χ1n) is 9.76. The van der Waals surface area contributed by atoms with E-state index in [1.165, 1.54) is 27.8 Å². The molecular weight excluding hydrogens is 468 g/mol. The summed E-state index contributed by atoms with van der Waals surface area (Å²) in [5.74, 6) is 0.624. The zero-order valence-corrected chi connectivity index (χ0v) is 19.9. The highest BCUT2D eigenvalue weighted by Crippen LogP contribution is 2.26. The largest absolute Gasteiger partial charge is 0.497 e. The third-order valence-electron chi connectivity index (χ3n) is 5.17. The van der Waals surface area contributed by atoms with E-state index in [1.54, 1.807) is 31.4 Å². The van der Waals surface area contributed by atoms with Gasteiger partial charge in [-0.15, -0.1) is 11.3 Å². The number of methoxy groups -OCH3 is 1. The molecule has 2 aromatic heterocycles. The number of hydrogen-bond donors (Lipinski definition) is 1. The summed E-state index contributed by atoms with van der Waals surface area (Å²) < 4.78 is 33.6. The van der Waals surface area contributed by atoms with Crippen LogP contribution in [0.3, 0.4) is 0 Å². The van der Waals surface area contributed by atoms with Crippen molar-refractivity contribution in [2.45, 2.75) is 24.9 Å². The Hall–Kier alpha value is -2.65. The first-order chi connectivity index (χ1) is 15.3. The van der Waals surface area contributed by atoms with Crippen LogP contribution in [0.5, 0.6) is 5.75 Å². The molecule has 32 heavy (non-hydrogen) atoms. The van der Waals surface area contributed by atoms with Crippen molar-refractivity contribution in [3.8, 4) is 5.75 Å². The van der Waals surface area contributed by atoms with Crippen LogP contribution in [-0.4, -0.2) is 24.8 Å². The van der Waals surface area contributed by atoms with Gasteiger partial charge in [0.05, 0.1) is 17.5 Å². The lowest BCUT2D eigenvalue weighted by molar-refractivity contribution is 0.402. The maximum atomic E-state index is 13.5. The molecule has 2 heterocycles. The summed E-state index contributed by atoms with van der Waals surface area (Å²) in [5.41, 5.74) is 1.41. The number of pyridine rings is 1. The van der Waals surface area contributed by atoms with Crippen LogP contribution < -0.4 is 10.3 Å². The first kappa shape index (κ1) is 22.5. The van der Waals surface area contributed by atoms with E-state index in [2.05, 4.69) is 4.98 Å². The van der Waals surface area contributed by atoms with Crippen molar-refractivity contribution in [1.82, 2.24) is 9.29 Å². The van der Waals surface area contributed by atoms with Gasteiger partial charge < -0.3 is 9.72 Å². The Labute approximate surface area is 195 Å². The number of nitrogens with zero attached hydrogens (tertiary/aromatic N) is 1. The van der Waals surface area contributed by atoms with Gasteiger partial charge in [-0.05, 0) is 59.7 Å². The smallest absolute Gasteiger partial charge is 0.252 e. The third-order valence-corrected chi connectivity index (χ3v) is 8.23. The number of fused-ring (bicyclic) bond motifs is 1. The summed E-state index contributed by atoms with van der Waals surface area (Å²) in [6.07, 6.45) is 0. The van der Waals surface area contributed by atoms with Crippen LogP contribution >= 0.6 is 22.9 Å². The fourth-order valence-electron chi connectivity index (χ4n) is 3.35. The number of H-pyrrole nitrogens is 1. The van der Waals surface area contributed by atoms with E-state index in [9.17, 15) is 13.2 Å². The molecule has 0 saturated carbocycles. The first-order valence-corrected chi connectivity index (χ1v) is 12.5. The molecule has 0 fully saturated rings. The van der Waals surface area contributed by atoms with Gasteiger partial charge in [0.25, 0.3) is 5.56 Å². The molecule has 0 saturated heterocycles. The van der Waals surface area contributed by atoms with Crippen molar-refractivity contribution in [3.63, 3.8) is 0 Å². The molecule has 9 heteroatoms. The summed E-state index contributed by atoms with van der Waals surface area (Å²) >= 11 is 7.65. The van der Waals surface area contributed by atoms with E-state index in [0.717, 1.165) is 15.8 Å². The average molecular weight is 489 g/mol. The highest BCUT2D eigenvalue weighted by molar-refractivity contribution is 7.89. The molecule has 0 radical (unpaired) electrons. The lowest BCUT2D eigenvalue weighted by Crippen LogP contribution is -2.32. The van der Waals surface area contributed by atoms with E-state index in [0.29, 0.717) is 21.9 Å². The van der Waals surface area contributed by atoms with Gasteiger partial charge in [0.15, 0.2) is 0 Å². The average Bonchev–Trinajstić information content (AvgIpc) is 3.28. The van der Waals surface area contributed by atoms with Gasteiger partial charge in [0.2, 0.25) is 10.0 Å². The minimum Gasteiger partial charge on any atom is -0.497 e. The number of thiophene rings is 1. The SMILES string of the molecule is COc1ccc2cc(CN(Cc3cccs3)S(=O)(=O)c3ccc(C)c(Cl)c3)c(=O)[nH]c2c1. The third kappa shape index (κ3) is 4.59. The van der Waals surface area contributed by atoms with E-state index in [4.69, 9.17) is 16.3 Å². The van der Waals surface area contributed by atoms with Gasteiger partial charge in [-0.1, -0.05) is 23.7 Å². The molecular formula is C23H21ClN2O4S2. The predicted octanol–water partition coefficient (Wildman–Crippen LogP) is 4.95. The van der Waals surface area contributed by atoms with Crippen LogP contribution in [-0.2, 0) is 23.1 Å². The number of hydrogen-bond acceptors (Lipinski definition) is 5. The van der Waals surface area contributed by atoms with Crippen molar-refractivity contribution < 1.29 is 13.2 Å². The highest BCUT2D eigenvalue weighted by atomic mass is 35.5. The molecule has 6 nitrogen and oxygen atoms in total. The van der Waals surface area contributed by atoms with E-state index in [1.807, 2.05) is 30.5 Å². The Balaban J connectivity index is 1.76. The maximum absolute atomic E-state index is 13.5. The van der Waals surface area contributed by atoms with Gasteiger partial charge in [0, 0.05) is 34.6 Å². The molecule has 0 aliphatic carbocycles. The fourth-order valence-corrected chi connectivity index (χ4v) is 5.81. The number of rotatable bonds is 7. The summed E-state index contributed by atoms with van der Waals surface area (Å²) in [5, 5.41) is 3.05. The minimum absolute atomic E-state index is 0.0803. The molecule has 0 spiro atoms. The lowest BCUT2D eigenvalue weighted by atomic mass is 10.1. The summed E-state index contributed by atoms with van der Waals surface area (Å²) in [6.45, 7) is 1.88. The fraction of sp³-hybridized carbons (Fsp3) is 0.174. The molecule has 4 aromatic rings. The molecule has 166 valence electrons. The van der Waals surface area contributed by atoms with Gasteiger partial charge in [-0.3, -0.25) is 4.79 Å². The van der Waals surface area contributed by atoms with Crippen LogP contribution in [0.25, 0.3) is 10.9 Å². The number of aryl methyl sites for hydroxylation is 1. The molecule has 0 aliphatic rings. The lowest BCUT2D eigenvalue weighted by Gasteiger charge is -2.22. The van der Waals surface area contributed by atoms with Crippen molar-refractivity contribution in [2.75, 3.05) is 7.11 Å². The molecule has 0 amide bonds. The standard InChI is InChI=1S/C23H21ClN2O4S2/c1-15-5-8-20(12-21(15)24)32(28,29)26(14-19-4-3-9-31-19)13-17-10-16-6-7-18(30-2)11-22(16)25-23(17)27/h3-12H,13-14H2,1-2H3,(H,25,27). The molecule has 0 bridgehead atoms. The number of sulfonamides is 1. The Kier molecular flexibility index (Phi) is 6.39. The van der Waals surface area contributed by atoms with Gasteiger partial charge in [-0.2, -0.15) is 4.31 Å². The second-order valence-electron chi connectivity index (χ2n) is 7.34. The number of halogens is 1. The van der Waals surface area contributed by atoms with E-state index in [-0.39, 0.29) is 23.5 Å². The van der Waals surface area contributed by atoms with E-state index < -0.39 is 10.0 Å². The molecule has 0 aliphatic heterocycles. The number of nitrogens with one attached hydrogen (secondary N) is 1. The molecule has 0 unspecified atom stereocenters. The normalized spacial score (nSPS) is 11.9. The monoisotopic (exact) mass is 488 g/mol. The van der Waals surface area contributed by atoms with Gasteiger partial charge >= 0.3 is 0 Å². The van der Waals surface area contributed by atoms with Crippen LogP contribution in [0.4, 0.5) is 0 Å². The summed E-state index contributed by atoms with van der Waals surface area (Å²) in [6, 6.07) is 15.5. The maximum Gasteiger partial charge on any atom is 0.252 e. The van der Waals surface area contributed by atoms with Crippen molar-refractivity contribution in [3.05, 3.63) is 91.4 Å². The quantitative estimate of drug-likeness (QED) is 0.399. The van der Waals surface area contributed by atoms with Crippen molar-refractivity contribution >= 4 is 43.9 Å². The highest BCUT2D eigenvalue weighted by Gasteiger charge is 2.27. The number of benzene rings is 2. The van der Waals surface area contributed by atoms with Crippen LogP contribution in [0.15, 0.2) is 69.7 Å². The second kappa shape index (κ2) is 9.07. The van der Waals surface area contributed by atoms with Gasteiger partial charge in [0.1, 0.15) is 5.75 Å². The zero-order chi connectivity index (χ0) is 22.9. The molecule has 0 atom stereocenters. The predicted molar refractivity (Wildman–Crippen MR) is 128 cm³/mol. The van der Waals surface area contributed by atoms with Crippen LogP contribution in [0.1, 0.15) is 16.0 Å². The molecule has 1 N–H and O–H groups in total. The van der Waals surface area contributed by atoms with Gasteiger partial charge in [-0.25, -0.2) is 8.42 Å². The Bertz CT molecular complexity index is 1430. The minimum atomic E-state index is -3.91. The second-order valence-corrected chi connectivity index (χ2v) is 10.7. The Morgan fingerprint density at radius 1 is 1.09 bits per heavy atom. The molecule has 4 rings (SSSR count). The summed E-state index contributed by atoms with van der Waals surface area (Å²) in [7, 11) is -2.36. The van der Waals surface area contributed by atoms with Crippen LogP contribution in [0.2, 0.25) is 5.02 Å².